The van der Waals surface area contributed by atoms with Crippen molar-refractivity contribution < 1.29 is 0 Å². The third-order valence-corrected chi connectivity index (χ3v) is 2.00. The van der Waals surface area contributed by atoms with E-state index in [9.17, 15) is 0 Å². The van der Waals surface area contributed by atoms with Crippen molar-refractivity contribution in [2.45, 2.75) is 7.43 Å². The van der Waals surface area contributed by atoms with Crippen LogP contribution >= 0.6 is 0 Å². The highest BCUT2D eigenvalue weighted by atomic mass is 13.7. The first-order valence-corrected chi connectivity index (χ1v) is 6.00. The molecule has 3 rings (SSSR count). The Morgan fingerprint density at radius 2 is 0.211 bits per heavy atom. The van der Waals surface area contributed by atoms with Crippen LogP contribution in [0, 0.1) is 0 Å². The minimum atomic E-state index is 0. The summed E-state index contributed by atoms with van der Waals surface area (Å²) in [5.74, 6) is 0. The van der Waals surface area contributed by atoms with Crippen LogP contribution in [0.1, 0.15) is 7.43 Å². The molecule has 0 N–H and O–H groups in total. The Morgan fingerprint density at radius 3 is 0.263 bits per heavy atom. The quantitative estimate of drug-likeness (QED) is 0.480. The minimum absolute atomic E-state index is 0. The lowest BCUT2D eigenvalue weighted by molar-refractivity contribution is 1.72. The van der Waals surface area contributed by atoms with Crippen LogP contribution in [0.15, 0.2) is 109 Å². The average molecular weight is 250 g/mol. The minimum Gasteiger partial charge on any atom is -0.0776 e. The molecule has 3 aromatic rings. The second-order valence-electron chi connectivity index (χ2n) is 3.46. The van der Waals surface area contributed by atoms with E-state index in [1.807, 2.05) is 109 Å². The zero-order chi connectivity index (χ0) is 12.7. The predicted octanol–water partition coefficient (Wildman–Crippen LogP) is 5.70. The maximum atomic E-state index is 2.00. The molecule has 0 bridgehead atoms. The summed E-state index contributed by atoms with van der Waals surface area (Å²) in [7, 11) is 0. The Kier molecular flexibility index (Phi) is 12.0. The van der Waals surface area contributed by atoms with Gasteiger partial charge in [0.15, 0.2) is 0 Å². The monoisotopic (exact) mass is 250 g/mol. The molecule has 0 radical (unpaired) electrons. The second kappa shape index (κ2) is 13.7. The summed E-state index contributed by atoms with van der Waals surface area (Å²) in [5.41, 5.74) is 0. The molecular weight excluding hydrogens is 228 g/mol. The molecule has 0 heterocycles. The van der Waals surface area contributed by atoms with Gasteiger partial charge in [0.1, 0.15) is 0 Å². The van der Waals surface area contributed by atoms with E-state index >= 15 is 0 Å². The number of hydrogen-bond acceptors (Lipinski definition) is 0. The maximum Gasteiger partial charge on any atom is -0.0623 e. The van der Waals surface area contributed by atoms with Crippen LogP contribution in [0.2, 0.25) is 0 Å². The zero-order valence-electron chi connectivity index (χ0n) is 10.4. The summed E-state index contributed by atoms with van der Waals surface area (Å²) < 4.78 is 0. The van der Waals surface area contributed by atoms with Crippen LogP contribution in [0.25, 0.3) is 0 Å². The number of rotatable bonds is 0. The van der Waals surface area contributed by atoms with E-state index in [0.29, 0.717) is 0 Å². The molecule has 0 atom stereocenters. The van der Waals surface area contributed by atoms with Gasteiger partial charge in [-0.2, -0.15) is 0 Å². The Bertz CT molecular complexity index is 291. The van der Waals surface area contributed by atoms with Gasteiger partial charge in [-0.1, -0.05) is 117 Å². The Hall–Kier alpha value is -2.34. The summed E-state index contributed by atoms with van der Waals surface area (Å²) >= 11 is 0. The maximum absolute atomic E-state index is 2.00. The fourth-order valence-corrected chi connectivity index (χ4v) is 1.15. The molecule has 0 saturated heterocycles. The molecule has 0 spiro atoms. The van der Waals surface area contributed by atoms with Crippen LogP contribution in [0.3, 0.4) is 0 Å². The van der Waals surface area contributed by atoms with E-state index in [1.54, 1.807) is 0 Å². The topological polar surface area (TPSA) is 0 Å². The summed E-state index contributed by atoms with van der Waals surface area (Å²) in [6, 6.07) is 36.0. The molecule has 3 aromatic carbocycles. The first-order chi connectivity index (χ1) is 9.00. The van der Waals surface area contributed by atoms with E-state index in [2.05, 4.69) is 0 Å². The lowest BCUT2D eigenvalue weighted by atomic mass is 10.4. The first kappa shape index (κ1) is 16.7. The third kappa shape index (κ3) is 11.9. The standard InChI is InChI=1S/3C6H6.CH4/c3*1-2-4-6-5-3-1;/h3*1-6H;1H4. The van der Waals surface area contributed by atoms with Crippen LogP contribution in [0.5, 0.6) is 0 Å². The Balaban J connectivity index is 0.000000249. The molecule has 0 aliphatic rings. The molecule has 0 saturated carbocycles. The number of benzene rings is 3. The molecule has 0 fully saturated rings. The fraction of sp³-hybridized carbons (Fsp3) is 0.0526. The molecule has 0 amide bonds. The lowest BCUT2D eigenvalue weighted by Gasteiger charge is -1.69. The molecule has 0 aromatic heterocycles. The fourth-order valence-electron chi connectivity index (χ4n) is 1.15. The highest BCUT2D eigenvalue weighted by Crippen LogP contribution is 1.81. The summed E-state index contributed by atoms with van der Waals surface area (Å²) in [6.07, 6.45) is 0. The van der Waals surface area contributed by atoms with Crippen LogP contribution in [-0.4, -0.2) is 0 Å². The van der Waals surface area contributed by atoms with E-state index in [-0.39, 0.29) is 7.43 Å². The van der Waals surface area contributed by atoms with Gasteiger partial charge in [-0.05, 0) is 0 Å². The van der Waals surface area contributed by atoms with Crippen molar-refractivity contribution in [1.29, 1.82) is 0 Å². The van der Waals surface area contributed by atoms with Crippen LogP contribution in [-0.2, 0) is 0 Å². The van der Waals surface area contributed by atoms with E-state index < -0.39 is 0 Å². The van der Waals surface area contributed by atoms with Gasteiger partial charge >= 0.3 is 0 Å². The highest BCUT2D eigenvalue weighted by molar-refractivity contribution is 5.00. The van der Waals surface area contributed by atoms with Crippen molar-refractivity contribution in [2.75, 3.05) is 0 Å². The Labute approximate surface area is 117 Å². The summed E-state index contributed by atoms with van der Waals surface area (Å²) in [6.45, 7) is 0. The van der Waals surface area contributed by atoms with Gasteiger partial charge in [0.25, 0.3) is 0 Å². The average Bonchev–Trinajstić information content (AvgIpc) is 2.54. The third-order valence-electron chi connectivity index (χ3n) is 2.00. The summed E-state index contributed by atoms with van der Waals surface area (Å²) in [5, 5.41) is 0. The molecule has 98 valence electrons. The largest absolute Gasteiger partial charge is 0.0776 e. The van der Waals surface area contributed by atoms with Crippen molar-refractivity contribution >= 4 is 0 Å². The Morgan fingerprint density at radius 1 is 0.158 bits per heavy atom. The molecule has 0 nitrogen and oxygen atoms in total. The molecule has 0 unspecified atom stereocenters. The number of hydrogen-bond donors (Lipinski definition) is 0. The van der Waals surface area contributed by atoms with Crippen LogP contribution in [0.4, 0.5) is 0 Å². The van der Waals surface area contributed by atoms with Crippen molar-refractivity contribution in [3.63, 3.8) is 0 Å². The highest BCUT2D eigenvalue weighted by Gasteiger charge is 1.59. The van der Waals surface area contributed by atoms with Gasteiger partial charge in [-0.15, -0.1) is 0 Å². The summed E-state index contributed by atoms with van der Waals surface area (Å²) in [4.78, 5) is 0. The zero-order valence-corrected chi connectivity index (χ0v) is 10.4. The predicted molar refractivity (Wildman–Crippen MR) is 86.1 cm³/mol. The van der Waals surface area contributed by atoms with Gasteiger partial charge in [0, 0.05) is 0 Å². The van der Waals surface area contributed by atoms with Gasteiger partial charge in [-0.3, -0.25) is 0 Å². The molecule has 0 aliphatic heterocycles. The second-order valence-corrected chi connectivity index (χ2v) is 3.46. The van der Waals surface area contributed by atoms with Crippen molar-refractivity contribution in [2.24, 2.45) is 0 Å². The smallest absolute Gasteiger partial charge is 0.0623 e. The van der Waals surface area contributed by atoms with Gasteiger partial charge in [-0.25, -0.2) is 0 Å². The molecular formula is C19H22. The van der Waals surface area contributed by atoms with E-state index in [1.165, 1.54) is 0 Å². The van der Waals surface area contributed by atoms with E-state index in [4.69, 9.17) is 0 Å². The van der Waals surface area contributed by atoms with E-state index in [0.717, 1.165) is 0 Å². The van der Waals surface area contributed by atoms with Crippen molar-refractivity contribution in [1.82, 2.24) is 0 Å². The van der Waals surface area contributed by atoms with Crippen LogP contribution < -0.4 is 0 Å². The van der Waals surface area contributed by atoms with Crippen molar-refractivity contribution in [3.8, 4) is 0 Å². The SMILES string of the molecule is C.c1ccccc1.c1ccccc1.c1ccccc1. The van der Waals surface area contributed by atoms with Gasteiger partial charge < -0.3 is 0 Å². The normalized spacial score (nSPS) is 7.58. The molecule has 0 aliphatic carbocycles. The lowest BCUT2D eigenvalue weighted by Crippen LogP contribution is -1.47. The van der Waals surface area contributed by atoms with Gasteiger partial charge in [0.05, 0.1) is 0 Å². The molecule has 0 heteroatoms. The van der Waals surface area contributed by atoms with Crippen molar-refractivity contribution in [3.05, 3.63) is 109 Å². The molecule has 19 heavy (non-hydrogen) atoms. The van der Waals surface area contributed by atoms with Gasteiger partial charge in [0.2, 0.25) is 0 Å². The first-order valence-electron chi connectivity index (χ1n) is 6.00.